The number of hydrogen-bond donors (Lipinski definition) is 1. The summed E-state index contributed by atoms with van der Waals surface area (Å²) in [6.07, 6.45) is -1.36. The molecule has 0 radical (unpaired) electrons. The number of carbonyl (C=O) groups is 1. The lowest BCUT2D eigenvalue weighted by atomic mass is 10.1. The minimum absolute atomic E-state index is 0.0403. The summed E-state index contributed by atoms with van der Waals surface area (Å²) < 4.78 is 37.9. The molecule has 166 valence electrons. The smallest absolute Gasteiger partial charge is 0.368 e. The first kappa shape index (κ1) is 21.6. The van der Waals surface area contributed by atoms with Crippen LogP contribution in [0.15, 0.2) is 67.0 Å². The fourth-order valence-electron chi connectivity index (χ4n) is 3.55. The van der Waals surface area contributed by atoms with E-state index in [9.17, 15) is 18.0 Å². The van der Waals surface area contributed by atoms with E-state index in [4.69, 9.17) is 0 Å². The van der Waals surface area contributed by atoms with Crippen molar-refractivity contribution in [2.24, 2.45) is 0 Å². The molecule has 4 rings (SSSR count). The van der Waals surface area contributed by atoms with Crippen molar-refractivity contribution in [2.75, 3.05) is 41.3 Å². The lowest BCUT2D eigenvalue weighted by Crippen LogP contribution is -2.47. The third kappa shape index (κ3) is 5.35. The molecule has 1 N–H and O–H groups in total. The number of benzene rings is 2. The van der Waals surface area contributed by atoms with Crippen LogP contribution >= 0.6 is 0 Å². The number of anilines is 3. The first-order valence-corrected chi connectivity index (χ1v) is 10.2. The van der Waals surface area contributed by atoms with Crippen LogP contribution in [0.3, 0.4) is 0 Å². The molecule has 1 amide bonds. The minimum atomic E-state index is -4.39. The van der Waals surface area contributed by atoms with Crippen molar-refractivity contribution in [1.82, 2.24) is 9.97 Å². The number of alkyl halides is 3. The van der Waals surface area contributed by atoms with Crippen molar-refractivity contribution < 1.29 is 18.0 Å². The molecule has 32 heavy (non-hydrogen) atoms. The van der Waals surface area contributed by atoms with Gasteiger partial charge >= 0.3 is 6.18 Å². The first-order chi connectivity index (χ1) is 15.4. The van der Waals surface area contributed by atoms with Crippen molar-refractivity contribution >= 4 is 23.2 Å². The summed E-state index contributed by atoms with van der Waals surface area (Å²) >= 11 is 0. The lowest BCUT2D eigenvalue weighted by molar-refractivity contribution is -0.137. The van der Waals surface area contributed by atoms with Gasteiger partial charge in [0, 0.05) is 31.9 Å². The Hall–Kier alpha value is -3.62. The van der Waals surface area contributed by atoms with Gasteiger partial charge in [-0.2, -0.15) is 13.2 Å². The molecule has 0 aliphatic carbocycles. The predicted molar refractivity (Wildman–Crippen MR) is 117 cm³/mol. The SMILES string of the molecule is O=C(Cc1ccc(C(F)(F)F)cc1)Nc1cnc(N2CCN(c3ccccc3)CC2)nc1. The zero-order valence-corrected chi connectivity index (χ0v) is 17.2. The number of carbonyl (C=O) groups excluding carboxylic acids is 1. The lowest BCUT2D eigenvalue weighted by Gasteiger charge is -2.36. The van der Waals surface area contributed by atoms with Crippen LogP contribution in [0.5, 0.6) is 0 Å². The number of nitrogens with one attached hydrogen (secondary N) is 1. The third-order valence-corrected chi connectivity index (χ3v) is 5.25. The van der Waals surface area contributed by atoms with E-state index < -0.39 is 11.7 Å². The van der Waals surface area contributed by atoms with Gasteiger partial charge in [-0.15, -0.1) is 0 Å². The van der Waals surface area contributed by atoms with Crippen LogP contribution < -0.4 is 15.1 Å². The number of piperazine rings is 1. The summed E-state index contributed by atoms with van der Waals surface area (Å²) in [5.41, 5.74) is 1.38. The standard InChI is InChI=1S/C23H22F3N5O/c24-23(25,26)18-8-6-17(7-9-18)14-21(32)29-19-15-27-22(28-16-19)31-12-10-30(11-13-31)20-4-2-1-3-5-20/h1-9,15-16H,10-14H2,(H,29,32). The zero-order valence-electron chi connectivity index (χ0n) is 17.2. The highest BCUT2D eigenvalue weighted by Crippen LogP contribution is 2.29. The molecule has 1 saturated heterocycles. The molecule has 0 spiro atoms. The average molecular weight is 441 g/mol. The Morgan fingerprint density at radius 1 is 0.875 bits per heavy atom. The van der Waals surface area contributed by atoms with Crippen LogP contribution in [0.2, 0.25) is 0 Å². The number of aromatic nitrogens is 2. The van der Waals surface area contributed by atoms with E-state index in [0.29, 0.717) is 17.2 Å². The number of halogens is 3. The van der Waals surface area contributed by atoms with E-state index in [1.807, 2.05) is 18.2 Å². The van der Waals surface area contributed by atoms with Gasteiger partial charge < -0.3 is 15.1 Å². The Morgan fingerprint density at radius 3 is 2.06 bits per heavy atom. The fourth-order valence-corrected chi connectivity index (χ4v) is 3.55. The van der Waals surface area contributed by atoms with Crippen LogP contribution in [0.1, 0.15) is 11.1 Å². The van der Waals surface area contributed by atoms with Crippen molar-refractivity contribution in [2.45, 2.75) is 12.6 Å². The van der Waals surface area contributed by atoms with E-state index >= 15 is 0 Å². The molecule has 6 nitrogen and oxygen atoms in total. The van der Waals surface area contributed by atoms with Gasteiger partial charge in [0.15, 0.2) is 0 Å². The second-order valence-electron chi connectivity index (χ2n) is 7.50. The second kappa shape index (κ2) is 9.25. The molecule has 0 bridgehead atoms. The molecule has 9 heteroatoms. The van der Waals surface area contributed by atoms with Crippen LogP contribution in [0.4, 0.5) is 30.5 Å². The summed E-state index contributed by atoms with van der Waals surface area (Å²) in [5.74, 6) is 0.246. The Bertz CT molecular complexity index is 1030. The third-order valence-electron chi connectivity index (χ3n) is 5.25. The van der Waals surface area contributed by atoms with Crippen molar-refractivity contribution in [1.29, 1.82) is 0 Å². The summed E-state index contributed by atoms with van der Waals surface area (Å²) in [6, 6.07) is 14.8. The molecule has 0 unspecified atom stereocenters. The Kier molecular flexibility index (Phi) is 6.25. The largest absolute Gasteiger partial charge is 0.416 e. The molecule has 3 aromatic rings. The van der Waals surface area contributed by atoms with Gasteiger partial charge in [0.25, 0.3) is 0 Å². The summed E-state index contributed by atoms with van der Waals surface area (Å²) in [6.45, 7) is 3.29. The topological polar surface area (TPSA) is 61.4 Å². The van der Waals surface area contributed by atoms with E-state index in [0.717, 1.165) is 38.3 Å². The molecule has 1 aliphatic rings. The molecular weight excluding hydrogens is 419 g/mol. The van der Waals surface area contributed by atoms with E-state index in [2.05, 4.69) is 37.2 Å². The van der Waals surface area contributed by atoms with Gasteiger partial charge in [0.2, 0.25) is 11.9 Å². The highest BCUT2D eigenvalue weighted by molar-refractivity contribution is 5.92. The highest BCUT2D eigenvalue weighted by atomic mass is 19.4. The number of rotatable bonds is 5. The molecule has 0 saturated carbocycles. The average Bonchev–Trinajstić information content (AvgIpc) is 2.80. The van der Waals surface area contributed by atoms with Crippen molar-refractivity contribution in [3.8, 4) is 0 Å². The first-order valence-electron chi connectivity index (χ1n) is 10.2. The molecule has 2 aromatic carbocycles. The van der Waals surface area contributed by atoms with E-state index in [1.165, 1.54) is 30.2 Å². The van der Waals surface area contributed by atoms with Gasteiger partial charge in [-0.3, -0.25) is 4.79 Å². The van der Waals surface area contributed by atoms with E-state index in [-0.39, 0.29) is 12.3 Å². The predicted octanol–water partition coefficient (Wildman–Crippen LogP) is 4.00. The number of para-hydroxylation sites is 1. The van der Waals surface area contributed by atoms with E-state index in [1.54, 1.807) is 0 Å². The van der Waals surface area contributed by atoms with Crippen molar-refractivity contribution in [3.05, 3.63) is 78.1 Å². The normalized spacial score (nSPS) is 14.3. The van der Waals surface area contributed by atoms with Gasteiger partial charge in [0.1, 0.15) is 0 Å². The maximum absolute atomic E-state index is 12.6. The molecule has 1 fully saturated rings. The molecule has 1 aromatic heterocycles. The number of amides is 1. The maximum Gasteiger partial charge on any atom is 0.416 e. The molecule has 2 heterocycles. The van der Waals surface area contributed by atoms with Crippen LogP contribution in [-0.2, 0) is 17.4 Å². The highest BCUT2D eigenvalue weighted by Gasteiger charge is 2.30. The molecule has 1 aliphatic heterocycles. The van der Waals surface area contributed by atoms with Crippen LogP contribution in [-0.4, -0.2) is 42.1 Å². The zero-order chi connectivity index (χ0) is 22.6. The molecular formula is C23H22F3N5O. The summed E-state index contributed by atoms with van der Waals surface area (Å²) in [5, 5.41) is 2.68. The van der Waals surface area contributed by atoms with Gasteiger partial charge in [-0.05, 0) is 29.8 Å². The Balaban J connectivity index is 1.29. The Labute approximate surface area is 183 Å². The maximum atomic E-state index is 12.6. The number of hydrogen-bond acceptors (Lipinski definition) is 5. The van der Waals surface area contributed by atoms with Crippen LogP contribution in [0, 0.1) is 0 Å². The van der Waals surface area contributed by atoms with Crippen molar-refractivity contribution in [3.63, 3.8) is 0 Å². The second-order valence-corrected chi connectivity index (χ2v) is 7.50. The summed E-state index contributed by atoms with van der Waals surface area (Å²) in [4.78, 5) is 25.3. The Morgan fingerprint density at radius 2 is 1.47 bits per heavy atom. The minimum Gasteiger partial charge on any atom is -0.368 e. The number of nitrogens with zero attached hydrogens (tertiary/aromatic N) is 4. The van der Waals surface area contributed by atoms with Gasteiger partial charge in [-0.1, -0.05) is 30.3 Å². The van der Waals surface area contributed by atoms with Crippen LogP contribution in [0.25, 0.3) is 0 Å². The monoisotopic (exact) mass is 441 g/mol. The van der Waals surface area contributed by atoms with Gasteiger partial charge in [-0.25, -0.2) is 9.97 Å². The van der Waals surface area contributed by atoms with Gasteiger partial charge in [0.05, 0.1) is 30.1 Å². The fraction of sp³-hybridized carbons (Fsp3) is 0.261. The molecule has 0 atom stereocenters. The summed E-state index contributed by atoms with van der Waals surface area (Å²) in [7, 11) is 0. The quantitative estimate of drug-likeness (QED) is 0.649.